The average Bonchev–Trinajstić information content (AvgIpc) is 2.60. The van der Waals surface area contributed by atoms with E-state index in [2.05, 4.69) is 4.99 Å². The summed E-state index contributed by atoms with van der Waals surface area (Å²) >= 11 is 7.09. The smallest absolute Gasteiger partial charge is 0.243 e. The number of hydrogen-bond donors (Lipinski definition) is 0. The number of benzene rings is 1. The van der Waals surface area contributed by atoms with Crippen molar-refractivity contribution in [2.45, 2.75) is 0 Å². The lowest BCUT2D eigenvalue weighted by molar-refractivity contribution is -0.115. The molecule has 0 aliphatic carbocycles. The van der Waals surface area contributed by atoms with Gasteiger partial charge < -0.3 is 0 Å². The molecule has 0 bridgehead atoms. The number of hydrogen-bond acceptors (Lipinski definition) is 4. The van der Waals surface area contributed by atoms with Gasteiger partial charge in [0, 0.05) is 5.02 Å². The van der Waals surface area contributed by atoms with Crippen molar-refractivity contribution < 1.29 is 4.79 Å². The van der Waals surface area contributed by atoms with Crippen molar-refractivity contribution in [1.29, 1.82) is 5.26 Å². The van der Waals surface area contributed by atoms with E-state index < -0.39 is 0 Å². The zero-order valence-electron chi connectivity index (χ0n) is 8.05. The van der Waals surface area contributed by atoms with Crippen molar-refractivity contribution >= 4 is 40.1 Å². The van der Waals surface area contributed by atoms with E-state index in [0.29, 0.717) is 21.6 Å². The van der Waals surface area contributed by atoms with Crippen LogP contribution in [0.2, 0.25) is 5.02 Å². The number of anilines is 1. The molecule has 0 radical (unpaired) electrons. The Bertz CT molecular complexity index is 509. The Morgan fingerprint density at radius 3 is 3.06 bits per heavy atom. The maximum Gasteiger partial charge on any atom is 0.243 e. The third kappa shape index (κ3) is 2.03. The van der Waals surface area contributed by atoms with Crippen LogP contribution in [0.1, 0.15) is 0 Å². The summed E-state index contributed by atoms with van der Waals surface area (Å²) in [7, 11) is 0. The molecule has 1 aromatic carbocycles. The Labute approximate surface area is 102 Å². The number of carbonyl (C=O) groups is 1. The van der Waals surface area contributed by atoms with Crippen LogP contribution in [0.15, 0.2) is 29.3 Å². The van der Waals surface area contributed by atoms with E-state index in [1.54, 1.807) is 30.5 Å². The molecule has 0 saturated carbocycles. The first-order valence-electron chi connectivity index (χ1n) is 4.40. The fraction of sp³-hybridized carbons (Fsp3) is 0.100. The minimum absolute atomic E-state index is 0.0960. The van der Waals surface area contributed by atoms with Crippen molar-refractivity contribution in [1.82, 2.24) is 0 Å². The second kappa shape index (κ2) is 4.56. The monoisotopic (exact) mass is 251 g/mol. The summed E-state index contributed by atoms with van der Waals surface area (Å²) in [6, 6.07) is 6.89. The first kappa shape index (κ1) is 11.0. The molecular weight excluding hydrogens is 246 g/mol. The number of halogens is 1. The maximum absolute atomic E-state index is 11.6. The second-order valence-electron chi connectivity index (χ2n) is 2.99. The molecule has 1 saturated heterocycles. The van der Waals surface area contributed by atoms with Crippen molar-refractivity contribution in [3.8, 4) is 6.19 Å². The number of nitrogens with zero attached hydrogens (tertiary/aromatic N) is 3. The van der Waals surface area contributed by atoms with Gasteiger partial charge in [-0.25, -0.2) is 0 Å². The predicted octanol–water partition coefficient (Wildman–Crippen LogP) is 2.26. The molecule has 2 rings (SSSR count). The van der Waals surface area contributed by atoms with Crippen LogP contribution in [-0.4, -0.2) is 16.8 Å². The van der Waals surface area contributed by atoms with Gasteiger partial charge in [-0.3, -0.25) is 9.69 Å². The lowest BCUT2D eigenvalue weighted by Crippen LogP contribution is -2.28. The van der Waals surface area contributed by atoms with Gasteiger partial charge in [-0.05, 0) is 18.2 Å². The number of rotatable bonds is 1. The molecule has 16 heavy (non-hydrogen) atoms. The van der Waals surface area contributed by atoms with Crippen LogP contribution >= 0.6 is 23.4 Å². The Balaban J connectivity index is 2.42. The van der Waals surface area contributed by atoms with Gasteiger partial charge in [0.15, 0.2) is 5.17 Å². The Morgan fingerprint density at radius 1 is 1.56 bits per heavy atom. The van der Waals surface area contributed by atoms with Crippen LogP contribution in [0.4, 0.5) is 5.69 Å². The fourth-order valence-corrected chi connectivity index (χ4v) is 2.36. The zero-order valence-corrected chi connectivity index (χ0v) is 9.63. The van der Waals surface area contributed by atoms with Crippen LogP contribution in [0, 0.1) is 11.5 Å². The highest BCUT2D eigenvalue weighted by molar-refractivity contribution is 8.15. The summed E-state index contributed by atoms with van der Waals surface area (Å²) in [5.41, 5.74) is 0.636. The summed E-state index contributed by atoms with van der Waals surface area (Å²) in [6.07, 6.45) is 1.68. The normalized spacial score (nSPS) is 17.9. The summed E-state index contributed by atoms with van der Waals surface area (Å²) in [6.45, 7) is 0. The van der Waals surface area contributed by atoms with Gasteiger partial charge in [0.25, 0.3) is 0 Å². The molecule has 6 heteroatoms. The van der Waals surface area contributed by atoms with Crippen LogP contribution in [-0.2, 0) is 4.79 Å². The average molecular weight is 252 g/mol. The minimum Gasteiger partial charge on any atom is -0.273 e. The van der Waals surface area contributed by atoms with Crippen LogP contribution in [0.5, 0.6) is 0 Å². The molecule has 1 aliphatic rings. The van der Waals surface area contributed by atoms with Crippen molar-refractivity contribution in [2.24, 2.45) is 4.99 Å². The molecule has 1 aliphatic heterocycles. The third-order valence-electron chi connectivity index (χ3n) is 1.98. The molecule has 1 amide bonds. The topological polar surface area (TPSA) is 56.5 Å². The van der Waals surface area contributed by atoms with Gasteiger partial charge in [-0.2, -0.15) is 5.26 Å². The molecule has 1 aromatic rings. The fourth-order valence-electron chi connectivity index (χ4n) is 1.36. The highest BCUT2D eigenvalue weighted by atomic mass is 35.5. The Kier molecular flexibility index (Phi) is 3.13. The third-order valence-corrected chi connectivity index (χ3v) is 3.14. The Morgan fingerprint density at radius 2 is 2.38 bits per heavy atom. The van der Waals surface area contributed by atoms with Gasteiger partial charge in [-0.15, -0.1) is 4.99 Å². The zero-order chi connectivity index (χ0) is 11.5. The van der Waals surface area contributed by atoms with E-state index in [1.165, 1.54) is 16.7 Å². The molecular formula is C10H6ClN3OS. The second-order valence-corrected chi connectivity index (χ2v) is 4.37. The molecule has 0 unspecified atom stereocenters. The first-order valence-corrected chi connectivity index (χ1v) is 5.77. The summed E-state index contributed by atoms with van der Waals surface area (Å²) in [5, 5.41) is 9.46. The molecule has 4 nitrogen and oxygen atoms in total. The molecule has 0 spiro atoms. The minimum atomic E-state index is -0.0960. The van der Waals surface area contributed by atoms with Crippen LogP contribution < -0.4 is 4.90 Å². The summed E-state index contributed by atoms with van der Waals surface area (Å²) in [5.74, 6) is 0.203. The number of nitriles is 1. The largest absolute Gasteiger partial charge is 0.273 e. The summed E-state index contributed by atoms with van der Waals surface area (Å²) < 4.78 is 0. The van der Waals surface area contributed by atoms with Crippen LogP contribution in [0.3, 0.4) is 0 Å². The quantitative estimate of drug-likeness (QED) is 0.720. The lowest BCUT2D eigenvalue weighted by atomic mass is 10.3. The van der Waals surface area contributed by atoms with Crippen molar-refractivity contribution in [3.63, 3.8) is 0 Å². The maximum atomic E-state index is 11.6. The number of amidine groups is 1. The van der Waals surface area contributed by atoms with Gasteiger partial charge in [0.1, 0.15) is 0 Å². The van der Waals surface area contributed by atoms with Crippen molar-refractivity contribution in [3.05, 3.63) is 29.3 Å². The Hall–Kier alpha value is -1.51. The molecule has 0 N–H and O–H groups in total. The predicted molar refractivity (Wildman–Crippen MR) is 64.4 cm³/mol. The number of aliphatic imine (C=N–C) groups is 1. The van der Waals surface area contributed by atoms with Gasteiger partial charge in [-0.1, -0.05) is 29.4 Å². The number of carbonyl (C=O) groups excluding carboxylic acids is 1. The summed E-state index contributed by atoms with van der Waals surface area (Å²) in [4.78, 5) is 16.7. The highest BCUT2D eigenvalue weighted by Crippen LogP contribution is 2.28. The standard InChI is InChI=1S/C10H6ClN3OS/c11-7-2-1-3-8(4-7)14-9(15)5-16-10(14)13-6-12/h1-4H,5H2. The first-order chi connectivity index (χ1) is 7.72. The van der Waals surface area contributed by atoms with Gasteiger partial charge in [0.05, 0.1) is 11.4 Å². The lowest BCUT2D eigenvalue weighted by Gasteiger charge is -2.14. The molecule has 1 fully saturated rings. The molecule has 0 aromatic heterocycles. The van der Waals surface area contributed by atoms with E-state index in [0.717, 1.165) is 0 Å². The van der Waals surface area contributed by atoms with Crippen molar-refractivity contribution in [2.75, 3.05) is 10.7 Å². The number of amides is 1. The van der Waals surface area contributed by atoms with Gasteiger partial charge >= 0.3 is 0 Å². The van der Waals surface area contributed by atoms with E-state index in [4.69, 9.17) is 16.9 Å². The van der Waals surface area contributed by atoms with E-state index in [1.807, 2.05) is 0 Å². The number of thioether (sulfide) groups is 1. The van der Waals surface area contributed by atoms with Gasteiger partial charge in [0.2, 0.25) is 12.1 Å². The molecule has 1 heterocycles. The van der Waals surface area contributed by atoms with E-state index in [-0.39, 0.29) is 5.91 Å². The van der Waals surface area contributed by atoms with Crippen LogP contribution in [0.25, 0.3) is 0 Å². The molecule has 80 valence electrons. The molecule has 0 atom stereocenters. The highest BCUT2D eigenvalue weighted by Gasteiger charge is 2.29. The van der Waals surface area contributed by atoms with E-state index >= 15 is 0 Å². The van der Waals surface area contributed by atoms with E-state index in [9.17, 15) is 4.79 Å². The SMILES string of the molecule is N#CN=C1SCC(=O)N1c1cccc(Cl)c1.